The van der Waals surface area contributed by atoms with Gasteiger partial charge in [-0.2, -0.15) is 5.26 Å². The number of benzene rings is 2. The van der Waals surface area contributed by atoms with E-state index >= 15 is 0 Å². The van der Waals surface area contributed by atoms with Crippen molar-refractivity contribution >= 4 is 46.2 Å². The molecule has 0 saturated heterocycles. The summed E-state index contributed by atoms with van der Waals surface area (Å²) in [7, 11) is 0. The normalized spacial score (nSPS) is 13.6. The summed E-state index contributed by atoms with van der Waals surface area (Å²) in [5.74, 6) is -0.371. The van der Waals surface area contributed by atoms with E-state index in [0.29, 0.717) is 47.3 Å². The van der Waals surface area contributed by atoms with Crippen LogP contribution in [0.2, 0.25) is 10.2 Å². The lowest BCUT2D eigenvalue weighted by Crippen LogP contribution is -2.34. The number of rotatable bonds is 5. The fraction of sp³-hybridized carbons (Fsp3) is 0.179. The number of nitrogens with one attached hydrogen (secondary N) is 1. The molecule has 1 amide bonds. The van der Waals surface area contributed by atoms with E-state index in [1.54, 1.807) is 41.1 Å². The SMILES string of the molecule is N#Cc1cccc2c1c1c(n2C(=O)NCc2ccnc(Cl)c2)CCN(C/C=C/c2ccc(F)cc2Cl)C1. The van der Waals surface area contributed by atoms with Crippen LogP contribution in [-0.2, 0) is 19.5 Å². The van der Waals surface area contributed by atoms with E-state index < -0.39 is 0 Å². The van der Waals surface area contributed by atoms with Crippen molar-refractivity contribution in [2.24, 2.45) is 0 Å². The summed E-state index contributed by atoms with van der Waals surface area (Å²) in [6.45, 7) is 2.27. The highest BCUT2D eigenvalue weighted by Gasteiger charge is 2.27. The maximum absolute atomic E-state index is 13.4. The minimum Gasteiger partial charge on any atom is -0.333 e. The fourth-order valence-corrected chi connectivity index (χ4v) is 5.15. The van der Waals surface area contributed by atoms with Crippen molar-refractivity contribution in [2.45, 2.75) is 19.5 Å². The summed E-state index contributed by atoms with van der Waals surface area (Å²) in [6.07, 6.45) is 6.11. The molecule has 5 rings (SSSR count). The lowest BCUT2D eigenvalue weighted by molar-refractivity contribution is 0.240. The Morgan fingerprint density at radius 3 is 2.86 bits per heavy atom. The van der Waals surface area contributed by atoms with Crippen LogP contribution in [0.1, 0.15) is 27.9 Å². The summed E-state index contributed by atoms with van der Waals surface area (Å²) in [5, 5.41) is 14.3. The van der Waals surface area contributed by atoms with Crippen molar-refractivity contribution in [2.75, 3.05) is 13.1 Å². The third-order valence-corrected chi connectivity index (χ3v) is 6.97. The molecule has 0 saturated carbocycles. The predicted molar refractivity (Wildman–Crippen MR) is 143 cm³/mol. The van der Waals surface area contributed by atoms with E-state index in [1.165, 1.54) is 12.1 Å². The molecule has 6 nitrogen and oxygen atoms in total. The smallest absolute Gasteiger partial charge is 0.326 e. The molecule has 4 aromatic rings. The summed E-state index contributed by atoms with van der Waals surface area (Å²) in [4.78, 5) is 19.6. The molecular weight excluding hydrogens is 512 g/mol. The fourth-order valence-electron chi connectivity index (χ4n) is 4.72. The largest absolute Gasteiger partial charge is 0.333 e. The Morgan fingerprint density at radius 1 is 1.22 bits per heavy atom. The van der Waals surface area contributed by atoms with Gasteiger partial charge >= 0.3 is 6.03 Å². The zero-order chi connectivity index (χ0) is 25.9. The van der Waals surface area contributed by atoms with Gasteiger partial charge in [-0.15, -0.1) is 0 Å². The van der Waals surface area contributed by atoms with Crippen LogP contribution < -0.4 is 5.32 Å². The van der Waals surface area contributed by atoms with Crippen molar-refractivity contribution in [1.82, 2.24) is 19.8 Å². The lowest BCUT2D eigenvalue weighted by atomic mass is 10.0. The van der Waals surface area contributed by atoms with Crippen LogP contribution in [0.3, 0.4) is 0 Å². The van der Waals surface area contributed by atoms with Crippen molar-refractivity contribution < 1.29 is 9.18 Å². The van der Waals surface area contributed by atoms with Crippen LogP contribution >= 0.6 is 23.2 Å². The second-order valence-electron chi connectivity index (χ2n) is 8.77. The zero-order valence-electron chi connectivity index (χ0n) is 19.7. The van der Waals surface area contributed by atoms with Gasteiger partial charge in [-0.3, -0.25) is 9.47 Å². The average molecular weight is 534 g/mol. The summed E-state index contributed by atoms with van der Waals surface area (Å²) in [5.41, 5.74) is 4.73. The second-order valence-corrected chi connectivity index (χ2v) is 9.57. The van der Waals surface area contributed by atoms with Gasteiger partial charge < -0.3 is 5.32 Å². The Labute approximate surface area is 223 Å². The lowest BCUT2D eigenvalue weighted by Gasteiger charge is -2.27. The topological polar surface area (TPSA) is 74.0 Å². The van der Waals surface area contributed by atoms with Crippen LogP contribution in [0, 0.1) is 17.1 Å². The van der Waals surface area contributed by atoms with Crippen molar-refractivity contribution in [3.05, 3.63) is 105 Å². The first kappa shape index (κ1) is 25.0. The Hall–Kier alpha value is -3.70. The molecule has 0 spiro atoms. The summed E-state index contributed by atoms with van der Waals surface area (Å²) in [6, 6.07) is 15.3. The molecule has 2 aromatic heterocycles. The van der Waals surface area contributed by atoms with Gasteiger partial charge in [0.15, 0.2) is 0 Å². The Morgan fingerprint density at radius 2 is 2.08 bits per heavy atom. The maximum Gasteiger partial charge on any atom is 0.326 e. The Kier molecular flexibility index (Phi) is 7.24. The highest BCUT2D eigenvalue weighted by atomic mass is 35.5. The third kappa shape index (κ3) is 5.23. The van der Waals surface area contributed by atoms with Gasteiger partial charge in [-0.1, -0.05) is 47.5 Å². The number of carbonyl (C=O) groups is 1. The molecule has 1 N–H and O–H groups in total. The van der Waals surface area contributed by atoms with Crippen LogP contribution in [0.4, 0.5) is 9.18 Å². The van der Waals surface area contributed by atoms with E-state index in [4.69, 9.17) is 23.2 Å². The highest BCUT2D eigenvalue weighted by molar-refractivity contribution is 6.32. The van der Waals surface area contributed by atoms with E-state index in [1.807, 2.05) is 18.2 Å². The molecule has 0 radical (unpaired) electrons. The van der Waals surface area contributed by atoms with Crippen LogP contribution in [-0.4, -0.2) is 33.6 Å². The molecule has 1 aliphatic heterocycles. The van der Waals surface area contributed by atoms with E-state index in [-0.39, 0.29) is 11.8 Å². The standard InChI is InChI=1S/C28H22Cl2FN5O/c29-23-14-21(31)7-6-19(23)4-2-11-35-12-9-24-22(17-35)27-20(15-32)3-1-5-25(27)36(24)28(37)34-16-18-8-10-33-26(30)13-18/h1-8,10,13-14H,9,11-12,16-17H2,(H,34,37)/b4-2+. The first-order chi connectivity index (χ1) is 17.9. The number of aromatic nitrogens is 2. The number of nitriles is 1. The molecule has 37 heavy (non-hydrogen) atoms. The van der Waals surface area contributed by atoms with E-state index in [2.05, 4.69) is 21.3 Å². The average Bonchev–Trinajstić information content (AvgIpc) is 3.22. The van der Waals surface area contributed by atoms with Gasteiger partial charge in [0.2, 0.25) is 0 Å². The monoisotopic (exact) mass is 533 g/mol. The second kappa shape index (κ2) is 10.7. The van der Waals surface area contributed by atoms with E-state index in [0.717, 1.165) is 34.3 Å². The molecular formula is C28H22Cl2FN5O. The molecule has 186 valence electrons. The molecule has 0 bridgehead atoms. The molecule has 2 aromatic carbocycles. The number of hydrogen-bond donors (Lipinski definition) is 1. The maximum atomic E-state index is 13.4. The molecule has 3 heterocycles. The van der Waals surface area contributed by atoms with Crippen molar-refractivity contribution in [3.8, 4) is 6.07 Å². The number of carbonyl (C=O) groups excluding carboxylic acids is 1. The molecule has 0 fully saturated rings. The molecule has 1 aliphatic rings. The van der Waals surface area contributed by atoms with Crippen molar-refractivity contribution in [3.63, 3.8) is 0 Å². The number of pyridine rings is 1. The highest BCUT2D eigenvalue weighted by Crippen LogP contribution is 2.33. The van der Waals surface area contributed by atoms with Gasteiger partial charge in [0.05, 0.1) is 22.2 Å². The van der Waals surface area contributed by atoms with Gasteiger partial charge in [-0.05, 0) is 53.1 Å². The number of amides is 1. The molecule has 0 atom stereocenters. The van der Waals surface area contributed by atoms with Crippen molar-refractivity contribution in [1.29, 1.82) is 5.26 Å². The molecule has 0 aliphatic carbocycles. The van der Waals surface area contributed by atoms with Crippen LogP contribution in [0.25, 0.3) is 17.0 Å². The van der Waals surface area contributed by atoms with Gasteiger partial charge in [-0.25, -0.2) is 14.2 Å². The Bertz CT molecular complexity index is 1570. The van der Waals surface area contributed by atoms with Crippen LogP contribution in [0.15, 0.2) is 60.8 Å². The van der Waals surface area contributed by atoms with E-state index in [9.17, 15) is 14.4 Å². The zero-order valence-corrected chi connectivity index (χ0v) is 21.2. The first-order valence-electron chi connectivity index (χ1n) is 11.7. The summed E-state index contributed by atoms with van der Waals surface area (Å²) < 4.78 is 15.0. The Balaban J connectivity index is 1.41. The van der Waals surface area contributed by atoms with Gasteiger partial charge in [0.25, 0.3) is 0 Å². The quantitative estimate of drug-likeness (QED) is 0.310. The minimum atomic E-state index is -0.371. The van der Waals surface area contributed by atoms with Gasteiger partial charge in [0, 0.05) is 49.9 Å². The number of halogens is 3. The third-order valence-electron chi connectivity index (χ3n) is 6.43. The predicted octanol–water partition coefficient (Wildman–Crippen LogP) is 6.18. The number of fused-ring (bicyclic) bond motifs is 3. The molecule has 9 heteroatoms. The molecule has 0 unspecified atom stereocenters. The van der Waals surface area contributed by atoms with Crippen LogP contribution in [0.5, 0.6) is 0 Å². The number of hydrogen-bond acceptors (Lipinski definition) is 4. The minimum absolute atomic E-state index is 0.256. The summed E-state index contributed by atoms with van der Waals surface area (Å²) >= 11 is 12.1. The van der Waals surface area contributed by atoms with Gasteiger partial charge in [0.1, 0.15) is 11.0 Å². The number of nitrogens with zero attached hydrogens (tertiary/aromatic N) is 4. The first-order valence-corrected chi connectivity index (χ1v) is 12.5.